The number of hydrogen-bond donors (Lipinski definition) is 0. The number of Topliss-reactive ketones (excluding diaryl/α,β-unsaturated/α-hetero) is 2. The Labute approximate surface area is 169 Å². The maximum atomic E-state index is 12.9. The maximum absolute atomic E-state index is 12.9. The summed E-state index contributed by atoms with van der Waals surface area (Å²) in [6.45, 7) is 3.99. The molecule has 0 unspecified atom stereocenters. The molecule has 1 heterocycles. The molecule has 0 atom stereocenters. The van der Waals surface area contributed by atoms with Crippen molar-refractivity contribution in [2.45, 2.75) is 52.4 Å². The lowest BCUT2D eigenvalue weighted by molar-refractivity contribution is -0.117. The van der Waals surface area contributed by atoms with E-state index in [1.54, 1.807) is 12.3 Å². The van der Waals surface area contributed by atoms with E-state index in [9.17, 15) is 14.4 Å². The third kappa shape index (κ3) is 4.93. The molecule has 28 heavy (non-hydrogen) atoms. The third-order valence-electron chi connectivity index (χ3n) is 5.03. The minimum absolute atomic E-state index is 0.0194. The second kappa shape index (κ2) is 9.24. The highest BCUT2D eigenvalue weighted by molar-refractivity contribution is 7.09. The molecule has 0 saturated heterocycles. The van der Waals surface area contributed by atoms with Crippen LogP contribution >= 0.6 is 11.3 Å². The number of ketones is 2. The Bertz CT molecular complexity index is 880. The third-order valence-corrected chi connectivity index (χ3v) is 5.88. The molecule has 0 radical (unpaired) electrons. The van der Waals surface area contributed by atoms with Gasteiger partial charge in [0.25, 0.3) is 0 Å². The van der Waals surface area contributed by atoms with Crippen LogP contribution in [0.1, 0.15) is 69.6 Å². The molecule has 0 N–H and O–H groups in total. The SMILES string of the molecule is CCOC(=O)c1csc(CC(=O)Cc2ccc(C)cc2C(=O)C2CCCC2)n1. The summed E-state index contributed by atoms with van der Waals surface area (Å²) in [5.41, 5.74) is 2.74. The fraction of sp³-hybridized carbons (Fsp3) is 0.455. The fourth-order valence-electron chi connectivity index (χ4n) is 3.62. The quantitative estimate of drug-likeness (QED) is 0.487. The van der Waals surface area contributed by atoms with Crippen molar-refractivity contribution < 1.29 is 19.1 Å². The van der Waals surface area contributed by atoms with Crippen molar-refractivity contribution in [1.82, 2.24) is 4.98 Å². The molecule has 5 nitrogen and oxygen atoms in total. The van der Waals surface area contributed by atoms with Crippen LogP contribution < -0.4 is 0 Å². The molecule has 3 rings (SSSR count). The predicted octanol–water partition coefficient (Wildman–Crippen LogP) is 4.36. The van der Waals surface area contributed by atoms with Gasteiger partial charge in [-0.25, -0.2) is 9.78 Å². The van der Waals surface area contributed by atoms with Crippen molar-refractivity contribution in [3.63, 3.8) is 0 Å². The first-order valence-corrected chi connectivity index (χ1v) is 10.6. The van der Waals surface area contributed by atoms with E-state index >= 15 is 0 Å². The first-order valence-electron chi connectivity index (χ1n) is 9.75. The van der Waals surface area contributed by atoms with E-state index < -0.39 is 5.97 Å². The number of esters is 1. The average molecular weight is 400 g/mol. The van der Waals surface area contributed by atoms with Crippen molar-refractivity contribution in [3.05, 3.63) is 51.0 Å². The van der Waals surface area contributed by atoms with Crippen molar-refractivity contribution in [1.29, 1.82) is 0 Å². The summed E-state index contributed by atoms with van der Waals surface area (Å²) in [5.74, 6) is -0.237. The maximum Gasteiger partial charge on any atom is 0.357 e. The second-order valence-corrected chi connectivity index (χ2v) is 8.19. The number of hydrogen-bond acceptors (Lipinski definition) is 6. The zero-order chi connectivity index (χ0) is 20.1. The van der Waals surface area contributed by atoms with Gasteiger partial charge < -0.3 is 4.74 Å². The molecule has 1 saturated carbocycles. The Morgan fingerprint density at radius 3 is 2.64 bits per heavy atom. The van der Waals surface area contributed by atoms with E-state index in [0.717, 1.165) is 36.8 Å². The van der Waals surface area contributed by atoms with Crippen LogP contribution in [0.15, 0.2) is 23.6 Å². The molecule has 2 aromatic rings. The van der Waals surface area contributed by atoms with Gasteiger partial charge in [0.05, 0.1) is 13.0 Å². The number of carbonyl (C=O) groups is 3. The van der Waals surface area contributed by atoms with Gasteiger partial charge in [-0.05, 0) is 38.3 Å². The smallest absolute Gasteiger partial charge is 0.357 e. The van der Waals surface area contributed by atoms with Crippen LogP contribution in [-0.4, -0.2) is 29.1 Å². The minimum atomic E-state index is -0.472. The van der Waals surface area contributed by atoms with Gasteiger partial charge in [0.2, 0.25) is 0 Å². The van der Waals surface area contributed by atoms with Gasteiger partial charge in [-0.1, -0.05) is 30.5 Å². The zero-order valence-electron chi connectivity index (χ0n) is 16.3. The number of rotatable bonds is 8. The summed E-state index contributed by atoms with van der Waals surface area (Å²) < 4.78 is 4.93. The second-order valence-electron chi connectivity index (χ2n) is 7.25. The summed E-state index contributed by atoms with van der Waals surface area (Å²) in [6.07, 6.45) is 4.43. The van der Waals surface area contributed by atoms with Crippen molar-refractivity contribution in [2.75, 3.05) is 6.61 Å². The van der Waals surface area contributed by atoms with Crippen LogP contribution in [0.25, 0.3) is 0 Å². The molecule has 0 bridgehead atoms. The Morgan fingerprint density at radius 1 is 1.18 bits per heavy atom. The standard InChI is InChI=1S/C22H25NO4S/c1-3-27-22(26)19-13-28-20(23-19)12-17(24)11-16-9-8-14(2)10-18(16)21(25)15-6-4-5-7-15/h8-10,13,15H,3-7,11-12H2,1-2H3. The normalized spacial score (nSPS) is 14.2. The first-order chi connectivity index (χ1) is 13.5. The summed E-state index contributed by atoms with van der Waals surface area (Å²) in [7, 11) is 0. The van der Waals surface area contributed by atoms with E-state index in [0.29, 0.717) is 10.6 Å². The topological polar surface area (TPSA) is 73.3 Å². The molecule has 0 amide bonds. The number of aryl methyl sites for hydroxylation is 1. The number of nitrogens with zero attached hydrogens (tertiary/aromatic N) is 1. The van der Waals surface area contributed by atoms with Gasteiger partial charge in [-0.3, -0.25) is 9.59 Å². The lowest BCUT2D eigenvalue weighted by Crippen LogP contribution is -2.16. The van der Waals surface area contributed by atoms with Crippen LogP contribution in [0, 0.1) is 12.8 Å². The Balaban J connectivity index is 1.70. The van der Waals surface area contributed by atoms with Crippen LogP contribution in [0.2, 0.25) is 0 Å². The number of carbonyl (C=O) groups excluding carboxylic acids is 3. The lowest BCUT2D eigenvalue weighted by atomic mass is 9.90. The average Bonchev–Trinajstić information content (AvgIpc) is 3.35. The van der Waals surface area contributed by atoms with Gasteiger partial charge in [-0.2, -0.15) is 0 Å². The lowest BCUT2D eigenvalue weighted by Gasteiger charge is -2.13. The highest BCUT2D eigenvalue weighted by Crippen LogP contribution is 2.29. The van der Waals surface area contributed by atoms with E-state index in [-0.39, 0.29) is 42.6 Å². The highest BCUT2D eigenvalue weighted by atomic mass is 32.1. The molecule has 0 spiro atoms. The summed E-state index contributed by atoms with van der Waals surface area (Å²) >= 11 is 1.28. The molecule has 1 aliphatic rings. The molecular formula is C22H25NO4S. The van der Waals surface area contributed by atoms with Crippen molar-refractivity contribution >= 4 is 28.9 Å². The largest absolute Gasteiger partial charge is 0.461 e. The van der Waals surface area contributed by atoms with Crippen LogP contribution in [-0.2, 0) is 22.4 Å². The molecular weight excluding hydrogens is 374 g/mol. The Hall–Kier alpha value is -2.34. The molecule has 6 heteroatoms. The van der Waals surface area contributed by atoms with E-state index in [4.69, 9.17) is 4.74 Å². The molecule has 0 aliphatic heterocycles. The van der Waals surface area contributed by atoms with Crippen molar-refractivity contribution in [3.8, 4) is 0 Å². The van der Waals surface area contributed by atoms with Gasteiger partial charge in [0.15, 0.2) is 11.5 Å². The number of thiazole rings is 1. The number of aromatic nitrogens is 1. The molecule has 1 aromatic heterocycles. The summed E-state index contributed by atoms with van der Waals surface area (Å²) in [6, 6.07) is 5.74. The van der Waals surface area contributed by atoms with Gasteiger partial charge in [-0.15, -0.1) is 11.3 Å². The van der Waals surface area contributed by atoms with Crippen LogP contribution in [0.4, 0.5) is 0 Å². The van der Waals surface area contributed by atoms with E-state index in [2.05, 4.69) is 4.98 Å². The van der Waals surface area contributed by atoms with E-state index in [1.165, 1.54) is 11.3 Å². The Kier molecular flexibility index (Phi) is 6.73. The van der Waals surface area contributed by atoms with E-state index in [1.807, 2.05) is 25.1 Å². The van der Waals surface area contributed by atoms with Gasteiger partial charge in [0, 0.05) is 23.3 Å². The highest BCUT2D eigenvalue weighted by Gasteiger charge is 2.26. The van der Waals surface area contributed by atoms with Crippen LogP contribution in [0.5, 0.6) is 0 Å². The number of benzene rings is 1. The van der Waals surface area contributed by atoms with Gasteiger partial charge in [0.1, 0.15) is 10.8 Å². The summed E-state index contributed by atoms with van der Waals surface area (Å²) in [4.78, 5) is 41.4. The Morgan fingerprint density at radius 2 is 1.93 bits per heavy atom. The molecule has 1 aromatic carbocycles. The first kappa shape index (κ1) is 20.4. The molecule has 1 aliphatic carbocycles. The molecule has 148 valence electrons. The van der Waals surface area contributed by atoms with Crippen LogP contribution in [0.3, 0.4) is 0 Å². The fourth-order valence-corrected chi connectivity index (χ4v) is 4.41. The number of ether oxygens (including phenoxy) is 1. The van der Waals surface area contributed by atoms with Gasteiger partial charge >= 0.3 is 5.97 Å². The predicted molar refractivity (Wildman–Crippen MR) is 108 cm³/mol. The van der Waals surface area contributed by atoms with Crippen molar-refractivity contribution in [2.24, 2.45) is 5.92 Å². The molecule has 1 fully saturated rings. The zero-order valence-corrected chi connectivity index (χ0v) is 17.1. The minimum Gasteiger partial charge on any atom is -0.461 e. The summed E-state index contributed by atoms with van der Waals surface area (Å²) in [5, 5.41) is 2.20. The monoisotopic (exact) mass is 399 g/mol.